The van der Waals surface area contributed by atoms with Gasteiger partial charge in [-0.1, -0.05) is 38.5 Å². The van der Waals surface area contributed by atoms with Gasteiger partial charge in [0, 0.05) is 24.4 Å². The van der Waals surface area contributed by atoms with Crippen LogP contribution in [0, 0.1) is 6.92 Å². The summed E-state index contributed by atoms with van der Waals surface area (Å²) >= 11 is 1.54. The van der Waals surface area contributed by atoms with Crippen LogP contribution in [0.3, 0.4) is 0 Å². The Hall–Kier alpha value is -2.12. The molecule has 27 heavy (non-hydrogen) atoms. The van der Waals surface area contributed by atoms with Crippen LogP contribution in [0.15, 0.2) is 18.2 Å². The first-order chi connectivity index (χ1) is 12.7. The molecule has 0 saturated heterocycles. The molecule has 0 bridgehead atoms. The van der Waals surface area contributed by atoms with Crippen molar-refractivity contribution in [1.82, 2.24) is 15.2 Å². The van der Waals surface area contributed by atoms with Crippen LogP contribution < -0.4 is 15.4 Å². The number of ether oxygens (including phenoxy) is 1. The molecule has 0 fully saturated rings. The third-order valence-electron chi connectivity index (χ3n) is 4.55. The number of carbonyl (C=O) groups is 1. The third kappa shape index (κ3) is 4.99. The number of fused-ring (bicyclic) bond motifs is 1. The number of aryl methyl sites for hydroxylation is 1. The molecule has 0 saturated carbocycles. The lowest BCUT2D eigenvalue weighted by atomic mass is 9.85. The number of thiazole rings is 1. The van der Waals surface area contributed by atoms with Crippen molar-refractivity contribution >= 4 is 22.5 Å². The van der Waals surface area contributed by atoms with Gasteiger partial charge in [0.1, 0.15) is 5.75 Å². The van der Waals surface area contributed by atoms with E-state index >= 15 is 0 Å². The number of carbonyl (C=O) groups excluding carboxylic acids is 1. The SMILES string of the molecule is Cc1ccc(OCNC(=O)Nc2nc3c(s2)CN(C)CC3)c(C(C)(C)C)c1. The summed E-state index contributed by atoms with van der Waals surface area (Å²) in [4.78, 5) is 20.2. The number of amides is 2. The van der Waals surface area contributed by atoms with E-state index in [1.54, 1.807) is 0 Å². The van der Waals surface area contributed by atoms with Gasteiger partial charge in [0.2, 0.25) is 0 Å². The lowest BCUT2D eigenvalue weighted by Crippen LogP contribution is -2.32. The fraction of sp³-hybridized carbons (Fsp3) is 0.500. The van der Waals surface area contributed by atoms with Gasteiger partial charge in [0.15, 0.2) is 11.9 Å². The number of urea groups is 1. The minimum absolute atomic E-state index is 0.0310. The van der Waals surface area contributed by atoms with Crippen LogP contribution in [0.25, 0.3) is 0 Å². The second kappa shape index (κ2) is 7.86. The molecule has 2 aromatic rings. The van der Waals surface area contributed by atoms with Crippen molar-refractivity contribution < 1.29 is 9.53 Å². The molecule has 2 amide bonds. The number of aromatic nitrogens is 1. The van der Waals surface area contributed by atoms with Crippen LogP contribution in [0.1, 0.15) is 42.5 Å². The molecule has 0 spiro atoms. The van der Waals surface area contributed by atoms with E-state index in [9.17, 15) is 4.79 Å². The summed E-state index contributed by atoms with van der Waals surface area (Å²) in [5.41, 5.74) is 3.38. The molecule has 0 radical (unpaired) electrons. The maximum Gasteiger partial charge on any atom is 0.323 e. The molecule has 0 aliphatic carbocycles. The van der Waals surface area contributed by atoms with E-state index in [-0.39, 0.29) is 18.2 Å². The van der Waals surface area contributed by atoms with Crippen LogP contribution in [-0.2, 0) is 18.4 Å². The lowest BCUT2D eigenvalue weighted by Gasteiger charge is -2.23. The van der Waals surface area contributed by atoms with Crippen molar-refractivity contribution in [2.24, 2.45) is 0 Å². The molecular weight excluding hydrogens is 360 g/mol. The lowest BCUT2D eigenvalue weighted by molar-refractivity contribution is 0.233. The Morgan fingerprint density at radius 1 is 1.37 bits per heavy atom. The molecule has 146 valence electrons. The summed E-state index contributed by atoms with van der Waals surface area (Å²) in [5.74, 6) is 0.793. The van der Waals surface area contributed by atoms with Crippen molar-refractivity contribution in [3.05, 3.63) is 39.9 Å². The van der Waals surface area contributed by atoms with E-state index in [0.29, 0.717) is 5.13 Å². The smallest absolute Gasteiger partial charge is 0.323 e. The molecule has 1 aromatic heterocycles. The predicted octanol–water partition coefficient (Wildman–Crippen LogP) is 3.89. The Morgan fingerprint density at radius 2 is 2.15 bits per heavy atom. The highest BCUT2D eigenvalue weighted by atomic mass is 32.1. The number of nitrogens with zero attached hydrogens (tertiary/aromatic N) is 2. The van der Waals surface area contributed by atoms with Gasteiger partial charge < -0.3 is 15.0 Å². The average Bonchev–Trinajstić information content (AvgIpc) is 2.96. The average molecular weight is 389 g/mol. The maximum absolute atomic E-state index is 12.2. The fourth-order valence-corrected chi connectivity index (χ4v) is 4.14. The van der Waals surface area contributed by atoms with Crippen LogP contribution in [-0.4, -0.2) is 36.2 Å². The molecule has 1 aliphatic rings. The first-order valence-electron chi connectivity index (χ1n) is 9.18. The van der Waals surface area contributed by atoms with Gasteiger partial charge in [0.25, 0.3) is 0 Å². The highest BCUT2D eigenvalue weighted by Gasteiger charge is 2.20. The summed E-state index contributed by atoms with van der Waals surface area (Å²) in [6, 6.07) is 5.80. The molecule has 2 heterocycles. The molecule has 7 heteroatoms. The zero-order chi connectivity index (χ0) is 19.6. The Bertz CT molecular complexity index is 826. The largest absolute Gasteiger partial charge is 0.473 e. The Labute approximate surface area is 164 Å². The van der Waals surface area contributed by atoms with Crippen molar-refractivity contribution in [2.45, 2.75) is 46.1 Å². The second-order valence-corrected chi connectivity index (χ2v) is 9.13. The number of rotatable bonds is 4. The molecular formula is C20H28N4O2S. The topological polar surface area (TPSA) is 66.5 Å². The molecule has 6 nitrogen and oxygen atoms in total. The monoisotopic (exact) mass is 388 g/mol. The van der Waals surface area contributed by atoms with Crippen LogP contribution >= 0.6 is 11.3 Å². The van der Waals surface area contributed by atoms with E-state index < -0.39 is 0 Å². The van der Waals surface area contributed by atoms with Crippen molar-refractivity contribution in [3.63, 3.8) is 0 Å². The van der Waals surface area contributed by atoms with Crippen LogP contribution in [0.4, 0.5) is 9.93 Å². The van der Waals surface area contributed by atoms with Crippen molar-refractivity contribution in [3.8, 4) is 5.75 Å². The predicted molar refractivity (Wildman–Crippen MR) is 110 cm³/mol. The highest BCUT2D eigenvalue weighted by molar-refractivity contribution is 7.15. The van der Waals surface area contributed by atoms with Gasteiger partial charge in [-0.25, -0.2) is 9.78 Å². The summed E-state index contributed by atoms with van der Waals surface area (Å²) in [5, 5.41) is 6.20. The molecule has 0 unspecified atom stereocenters. The van der Waals surface area contributed by atoms with Crippen LogP contribution in [0.5, 0.6) is 5.75 Å². The van der Waals surface area contributed by atoms with Gasteiger partial charge in [0.05, 0.1) is 5.69 Å². The molecule has 2 N–H and O–H groups in total. The minimum atomic E-state index is -0.307. The zero-order valence-electron chi connectivity index (χ0n) is 16.7. The van der Waals surface area contributed by atoms with E-state index in [4.69, 9.17) is 4.74 Å². The molecule has 1 aromatic carbocycles. The van der Waals surface area contributed by atoms with Crippen LogP contribution in [0.2, 0.25) is 0 Å². The minimum Gasteiger partial charge on any atom is -0.473 e. The Morgan fingerprint density at radius 3 is 2.89 bits per heavy atom. The number of hydrogen-bond acceptors (Lipinski definition) is 5. The summed E-state index contributed by atoms with van der Waals surface area (Å²) in [7, 11) is 2.09. The number of likely N-dealkylation sites (N-methyl/N-ethyl adjacent to an activating group) is 1. The highest BCUT2D eigenvalue weighted by Crippen LogP contribution is 2.32. The summed E-state index contributed by atoms with van der Waals surface area (Å²) in [6.07, 6.45) is 0.928. The number of benzene rings is 1. The van der Waals surface area contributed by atoms with E-state index in [0.717, 1.165) is 36.5 Å². The standard InChI is InChI=1S/C20H28N4O2S/c1-13-6-7-16(14(10-13)20(2,3)4)26-12-21-18(25)23-19-22-15-8-9-24(5)11-17(15)27-19/h6-7,10H,8-9,11-12H2,1-5H3,(H2,21,22,23,25). The van der Waals surface area contributed by atoms with Gasteiger partial charge in [-0.3, -0.25) is 5.32 Å². The van der Waals surface area contributed by atoms with Gasteiger partial charge >= 0.3 is 6.03 Å². The first kappa shape index (κ1) is 19.6. The third-order valence-corrected chi connectivity index (χ3v) is 5.54. The van der Waals surface area contributed by atoms with E-state index in [1.807, 2.05) is 12.1 Å². The normalized spacial score (nSPS) is 14.6. The number of anilines is 1. The Kier molecular flexibility index (Phi) is 5.72. The van der Waals surface area contributed by atoms with E-state index in [1.165, 1.54) is 21.8 Å². The van der Waals surface area contributed by atoms with E-state index in [2.05, 4.69) is 61.3 Å². The first-order valence-corrected chi connectivity index (χ1v) is 10.00. The van der Waals surface area contributed by atoms with Gasteiger partial charge in [-0.2, -0.15) is 0 Å². The molecule has 0 atom stereocenters. The summed E-state index contributed by atoms with van der Waals surface area (Å²) < 4.78 is 5.83. The quantitative estimate of drug-likeness (QED) is 0.780. The van der Waals surface area contributed by atoms with Crippen molar-refractivity contribution in [1.29, 1.82) is 0 Å². The van der Waals surface area contributed by atoms with Crippen molar-refractivity contribution in [2.75, 3.05) is 25.6 Å². The number of hydrogen-bond donors (Lipinski definition) is 2. The fourth-order valence-electron chi connectivity index (χ4n) is 3.05. The zero-order valence-corrected chi connectivity index (χ0v) is 17.5. The Balaban J connectivity index is 1.55. The van der Waals surface area contributed by atoms with Gasteiger partial charge in [-0.15, -0.1) is 11.3 Å². The summed E-state index contributed by atoms with van der Waals surface area (Å²) in [6.45, 7) is 10.5. The number of nitrogens with one attached hydrogen (secondary N) is 2. The molecule has 3 rings (SSSR count). The second-order valence-electron chi connectivity index (χ2n) is 8.05. The van der Waals surface area contributed by atoms with Gasteiger partial charge in [-0.05, 0) is 31.0 Å². The molecule has 1 aliphatic heterocycles. The maximum atomic E-state index is 12.2.